The highest BCUT2D eigenvalue weighted by atomic mass is 32.2. The number of anilines is 2. The van der Waals surface area contributed by atoms with E-state index in [1.165, 1.54) is 0 Å². The number of nitrogens with one attached hydrogen (secondary N) is 2. The van der Waals surface area contributed by atoms with Crippen LogP contribution in [0, 0.1) is 0 Å². The lowest BCUT2D eigenvalue weighted by molar-refractivity contribution is 0.0708. The highest BCUT2D eigenvalue weighted by Crippen LogP contribution is 2.30. The number of carbonyl (C=O) groups excluding carboxylic acids is 1. The van der Waals surface area contributed by atoms with E-state index in [9.17, 15) is 13.2 Å². The molecule has 1 aromatic carbocycles. The predicted octanol–water partition coefficient (Wildman–Crippen LogP) is 3.46. The van der Waals surface area contributed by atoms with Crippen molar-refractivity contribution in [1.82, 2.24) is 14.9 Å². The third-order valence-electron chi connectivity index (χ3n) is 5.90. The number of hydrogen-bond donors (Lipinski definition) is 2. The van der Waals surface area contributed by atoms with Gasteiger partial charge in [-0.25, -0.2) is 13.4 Å². The van der Waals surface area contributed by atoms with Gasteiger partial charge in [0.25, 0.3) is 5.91 Å². The fourth-order valence-electron chi connectivity index (χ4n) is 4.32. The highest BCUT2D eigenvalue weighted by molar-refractivity contribution is 7.92. The first kappa shape index (κ1) is 23.9. The van der Waals surface area contributed by atoms with E-state index in [4.69, 9.17) is 4.74 Å². The fourth-order valence-corrected chi connectivity index (χ4v) is 4.87. The summed E-state index contributed by atoms with van der Waals surface area (Å²) in [6.45, 7) is 5.26. The van der Waals surface area contributed by atoms with Crippen LogP contribution in [0.15, 0.2) is 42.6 Å². The number of H-pyrrole nitrogens is 1. The van der Waals surface area contributed by atoms with Crippen molar-refractivity contribution >= 4 is 38.3 Å². The molecule has 10 heteroatoms. The number of rotatable bonds is 7. The van der Waals surface area contributed by atoms with Gasteiger partial charge in [0.1, 0.15) is 5.69 Å². The van der Waals surface area contributed by atoms with Crippen LogP contribution in [0.25, 0.3) is 10.9 Å². The number of ether oxygens (including phenoxy) is 1. The average Bonchev–Trinajstić information content (AvgIpc) is 3.20. The highest BCUT2D eigenvalue weighted by Gasteiger charge is 2.28. The summed E-state index contributed by atoms with van der Waals surface area (Å²) in [6, 6.07) is 11.0. The Morgan fingerprint density at radius 2 is 1.97 bits per heavy atom. The summed E-state index contributed by atoms with van der Waals surface area (Å²) in [5.74, 6) is 1.52. The lowest BCUT2D eigenvalue weighted by Crippen LogP contribution is -2.46. The second-order valence-electron chi connectivity index (χ2n) is 8.99. The maximum atomic E-state index is 13.1. The molecule has 4 rings (SSSR count). The van der Waals surface area contributed by atoms with Crippen LogP contribution in [0.3, 0.4) is 0 Å². The average molecular weight is 486 g/mol. The summed E-state index contributed by atoms with van der Waals surface area (Å²) in [5.41, 5.74) is 1.74. The number of carbonyl (C=O) groups is 1. The number of likely N-dealkylation sites (tertiary alicyclic amines) is 1. The lowest BCUT2D eigenvalue weighted by atomic mass is 10.0. The Morgan fingerprint density at radius 1 is 1.24 bits per heavy atom. The molecule has 0 spiro atoms. The van der Waals surface area contributed by atoms with Crippen molar-refractivity contribution in [2.45, 2.75) is 38.8 Å². The van der Waals surface area contributed by atoms with Gasteiger partial charge in [-0.3, -0.25) is 9.52 Å². The van der Waals surface area contributed by atoms with Crippen molar-refractivity contribution in [3.8, 4) is 5.75 Å². The van der Waals surface area contributed by atoms with Crippen LogP contribution >= 0.6 is 0 Å². The molecule has 0 radical (unpaired) electrons. The molecule has 0 unspecified atom stereocenters. The fraction of sp³-hybridized carbons (Fsp3) is 0.417. The van der Waals surface area contributed by atoms with Gasteiger partial charge < -0.3 is 19.5 Å². The van der Waals surface area contributed by atoms with Crippen LogP contribution < -0.4 is 14.4 Å². The lowest BCUT2D eigenvalue weighted by Gasteiger charge is -2.37. The molecule has 0 aliphatic carbocycles. The summed E-state index contributed by atoms with van der Waals surface area (Å²) >= 11 is 0. The summed E-state index contributed by atoms with van der Waals surface area (Å²) < 4.78 is 31.4. The van der Waals surface area contributed by atoms with Crippen molar-refractivity contribution in [3.63, 3.8) is 0 Å². The van der Waals surface area contributed by atoms with Crippen LogP contribution in [0.2, 0.25) is 0 Å². The maximum Gasteiger partial charge on any atom is 0.270 e. The molecule has 182 valence electrons. The van der Waals surface area contributed by atoms with Gasteiger partial charge in [0.2, 0.25) is 10.0 Å². The van der Waals surface area contributed by atoms with Crippen molar-refractivity contribution in [2.24, 2.45) is 0 Å². The number of pyridine rings is 1. The number of hydrogen-bond acceptors (Lipinski definition) is 6. The van der Waals surface area contributed by atoms with Crippen LogP contribution in [-0.4, -0.2) is 67.7 Å². The molecule has 1 saturated heterocycles. The summed E-state index contributed by atoms with van der Waals surface area (Å²) in [4.78, 5) is 24.8. The molecule has 9 nitrogen and oxygen atoms in total. The van der Waals surface area contributed by atoms with E-state index in [1.54, 1.807) is 30.5 Å². The molecule has 0 saturated carbocycles. The van der Waals surface area contributed by atoms with Crippen LogP contribution in [0.1, 0.15) is 37.2 Å². The van der Waals surface area contributed by atoms with Gasteiger partial charge in [0.15, 0.2) is 11.6 Å². The first-order valence-corrected chi connectivity index (χ1v) is 13.2. The maximum absolute atomic E-state index is 13.1. The first-order valence-electron chi connectivity index (χ1n) is 11.3. The topological polar surface area (TPSA) is 108 Å². The number of aromatic amines is 1. The Labute approximate surface area is 200 Å². The number of sulfonamides is 1. The molecule has 0 atom stereocenters. The molecular formula is C24H31N5O4S. The quantitative estimate of drug-likeness (QED) is 0.531. The summed E-state index contributed by atoms with van der Waals surface area (Å²) in [5, 5.41) is 0.777. The summed E-state index contributed by atoms with van der Waals surface area (Å²) in [6.07, 6.45) is 4.58. The van der Waals surface area contributed by atoms with Crippen molar-refractivity contribution in [1.29, 1.82) is 0 Å². The van der Waals surface area contributed by atoms with Crippen molar-refractivity contribution < 1.29 is 17.9 Å². The van der Waals surface area contributed by atoms with Crippen molar-refractivity contribution in [3.05, 3.63) is 48.3 Å². The van der Waals surface area contributed by atoms with Gasteiger partial charge in [-0.05, 0) is 63.1 Å². The molecule has 1 amide bonds. The van der Waals surface area contributed by atoms with Gasteiger partial charge in [-0.15, -0.1) is 0 Å². The molecule has 1 aliphatic rings. The Hall–Kier alpha value is -3.27. The van der Waals surface area contributed by atoms with Gasteiger partial charge in [-0.2, -0.15) is 0 Å². The normalized spacial score (nSPS) is 15.0. The smallest absolute Gasteiger partial charge is 0.270 e. The third kappa shape index (κ3) is 5.44. The van der Waals surface area contributed by atoms with E-state index in [-0.39, 0.29) is 18.1 Å². The Balaban J connectivity index is 1.42. The molecule has 0 bridgehead atoms. The Bertz CT molecular complexity index is 1280. The molecule has 1 aliphatic heterocycles. The van der Waals surface area contributed by atoms with Gasteiger partial charge in [0, 0.05) is 49.0 Å². The second kappa shape index (κ2) is 9.54. The number of fused-ring (bicyclic) bond motifs is 1. The molecular weight excluding hydrogens is 454 g/mol. The Kier molecular flexibility index (Phi) is 6.70. The molecule has 3 heterocycles. The minimum atomic E-state index is -3.37. The van der Waals surface area contributed by atoms with Gasteiger partial charge >= 0.3 is 0 Å². The van der Waals surface area contributed by atoms with Gasteiger partial charge in [0.05, 0.1) is 12.4 Å². The zero-order valence-corrected chi connectivity index (χ0v) is 20.7. The van der Waals surface area contributed by atoms with Crippen molar-refractivity contribution in [2.75, 3.05) is 36.0 Å². The van der Waals surface area contributed by atoms with E-state index in [0.717, 1.165) is 41.6 Å². The molecule has 34 heavy (non-hydrogen) atoms. The van der Waals surface area contributed by atoms with Crippen LogP contribution in [0.5, 0.6) is 5.75 Å². The van der Waals surface area contributed by atoms with E-state index in [0.29, 0.717) is 24.5 Å². The zero-order chi connectivity index (χ0) is 24.5. The molecule has 3 aromatic rings. The summed E-state index contributed by atoms with van der Waals surface area (Å²) in [7, 11) is -1.34. The van der Waals surface area contributed by atoms with E-state index in [1.807, 2.05) is 37.9 Å². The first-order chi connectivity index (χ1) is 16.1. The molecule has 2 aromatic heterocycles. The number of amides is 1. The SMILES string of the molecule is CC(C)Oc1cccnc1N(C)C1CCN(C(=O)c2cc3cc(NS(C)(=O)=O)ccc3[nH]2)CC1. The van der Waals surface area contributed by atoms with E-state index < -0.39 is 10.0 Å². The number of aromatic nitrogens is 2. The largest absolute Gasteiger partial charge is 0.487 e. The van der Waals surface area contributed by atoms with Crippen LogP contribution in [-0.2, 0) is 10.0 Å². The predicted molar refractivity (Wildman–Crippen MR) is 134 cm³/mol. The zero-order valence-electron chi connectivity index (χ0n) is 19.9. The third-order valence-corrected chi connectivity index (χ3v) is 6.51. The monoisotopic (exact) mass is 485 g/mol. The minimum absolute atomic E-state index is 0.0587. The minimum Gasteiger partial charge on any atom is -0.487 e. The van der Waals surface area contributed by atoms with E-state index >= 15 is 0 Å². The number of piperidine rings is 1. The number of nitrogens with zero attached hydrogens (tertiary/aromatic N) is 3. The van der Waals surface area contributed by atoms with Crippen LogP contribution in [0.4, 0.5) is 11.5 Å². The van der Waals surface area contributed by atoms with Gasteiger partial charge in [-0.1, -0.05) is 0 Å². The number of benzene rings is 1. The van der Waals surface area contributed by atoms with E-state index in [2.05, 4.69) is 19.6 Å². The molecule has 1 fully saturated rings. The standard InChI is InChI=1S/C24H31N5O4S/c1-16(2)33-22-6-5-11-25-23(22)28(3)19-9-12-29(13-10-19)24(30)21-15-17-14-18(27-34(4,31)32)7-8-20(17)26-21/h5-8,11,14-16,19,26-27H,9-10,12-13H2,1-4H3. The molecule has 2 N–H and O–H groups in total. The second-order valence-corrected chi connectivity index (χ2v) is 10.7. The Morgan fingerprint density at radius 3 is 2.65 bits per heavy atom.